The first-order valence-corrected chi connectivity index (χ1v) is 8.53. The van der Waals surface area contributed by atoms with Crippen molar-refractivity contribution in [3.05, 3.63) is 11.6 Å². The lowest BCUT2D eigenvalue weighted by atomic mass is 9.54. The van der Waals surface area contributed by atoms with E-state index in [1.165, 1.54) is 37.7 Å². The summed E-state index contributed by atoms with van der Waals surface area (Å²) in [6.45, 7) is 2.08. The van der Waals surface area contributed by atoms with Crippen molar-refractivity contribution in [1.82, 2.24) is 0 Å². The SMILES string of the molecule is CC1=CCC23CCCCCCCCCC2(C1)C(=O)OC3=O. The van der Waals surface area contributed by atoms with Gasteiger partial charge in [-0.1, -0.05) is 56.6 Å². The number of carbonyl (C=O) groups excluding carboxylic acids is 2. The first kappa shape index (κ1) is 14.8. The van der Waals surface area contributed by atoms with Crippen LogP contribution in [-0.2, 0) is 14.3 Å². The highest BCUT2D eigenvalue weighted by atomic mass is 16.6. The number of rotatable bonds is 0. The van der Waals surface area contributed by atoms with Crippen LogP contribution >= 0.6 is 0 Å². The van der Waals surface area contributed by atoms with Gasteiger partial charge in [-0.15, -0.1) is 0 Å². The van der Waals surface area contributed by atoms with Crippen molar-refractivity contribution < 1.29 is 14.3 Å². The van der Waals surface area contributed by atoms with Crippen molar-refractivity contribution in [2.45, 2.75) is 77.6 Å². The molecule has 1 heterocycles. The van der Waals surface area contributed by atoms with E-state index < -0.39 is 10.8 Å². The van der Waals surface area contributed by atoms with Crippen LogP contribution in [0.5, 0.6) is 0 Å². The Hall–Kier alpha value is -1.12. The lowest BCUT2D eigenvalue weighted by molar-refractivity contribution is -0.156. The number of ether oxygens (including phenoxy) is 1. The summed E-state index contributed by atoms with van der Waals surface area (Å²) in [5.74, 6) is -0.477. The molecule has 2 atom stereocenters. The molecule has 0 spiro atoms. The van der Waals surface area contributed by atoms with Crippen LogP contribution in [0.2, 0.25) is 0 Å². The van der Waals surface area contributed by atoms with E-state index in [-0.39, 0.29) is 11.9 Å². The maximum atomic E-state index is 12.6. The van der Waals surface area contributed by atoms with E-state index in [0.29, 0.717) is 6.42 Å². The van der Waals surface area contributed by atoms with E-state index in [1.807, 2.05) is 0 Å². The topological polar surface area (TPSA) is 43.4 Å². The van der Waals surface area contributed by atoms with Gasteiger partial charge in [0.05, 0.1) is 10.8 Å². The average molecular weight is 290 g/mol. The summed E-state index contributed by atoms with van der Waals surface area (Å²) in [6, 6.07) is 0. The van der Waals surface area contributed by atoms with E-state index in [9.17, 15) is 9.59 Å². The Labute approximate surface area is 127 Å². The molecule has 0 radical (unpaired) electrons. The standard InChI is InChI=1S/C18H26O3/c1-14-9-12-17-10-7-5-3-2-4-6-8-11-18(17,13-14)16(20)21-15(17)19/h9H,2-8,10-13H2,1H3. The summed E-state index contributed by atoms with van der Waals surface area (Å²) in [5.41, 5.74) is 0.119. The van der Waals surface area contributed by atoms with Gasteiger partial charge in [0.15, 0.2) is 0 Å². The van der Waals surface area contributed by atoms with Crippen LogP contribution < -0.4 is 0 Å². The minimum Gasteiger partial charge on any atom is -0.392 e. The largest absolute Gasteiger partial charge is 0.392 e. The van der Waals surface area contributed by atoms with Crippen molar-refractivity contribution in [3.8, 4) is 0 Å². The monoisotopic (exact) mass is 290 g/mol. The van der Waals surface area contributed by atoms with E-state index >= 15 is 0 Å². The summed E-state index contributed by atoms with van der Waals surface area (Å²) in [4.78, 5) is 25.1. The number of esters is 2. The Morgan fingerprint density at radius 2 is 1.38 bits per heavy atom. The molecule has 3 nitrogen and oxygen atoms in total. The third-order valence-corrected chi connectivity index (χ3v) is 5.97. The number of cyclic esters (lactones) is 2. The Kier molecular flexibility index (Phi) is 3.94. The number of allylic oxidation sites excluding steroid dienone is 2. The minimum absolute atomic E-state index is 0.237. The first-order chi connectivity index (χ1) is 10.1. The molecule has 21 heavy (non-hydrogen) atoms. The van der Waals surface area contributed by atoms with Gasteiger partial charge >= 0.3 is 11.9 Å². The smallest absolute Gasteiger partial charge is 0.321 e. The van der Waals surface area contributed by atoms with Crippen molar-refractivity contribution in [2.24, 2.45) is 10.8 Å². The van der Waals surface area contributed by atoms with Gasteiger partial charge in [-0.2, -0.15) is 0 Å². The van der Waals surface area contributed by atoms with E-state index in [0.717, 1.165) is 32.1 Å². The van der Waals surface area contributed by atoms with Gasteiger partial charge in [0, 0.05) is 0 Å². The third kappa shape index (κ3) is 2.25. The maximum absolute atomic E-state index is 12.6. The lowest BCUT2D eigenvalue weighted by Crippen LogP contribution is -2.46. The molecule has 2 unspecified atom stereocenters. The molecule has 0 aromatic heterocycles. The first-order valence-electron chi connectivity index (χ1n) is 8.53. The summed E-state index contributed by atoms with van der Waals surface area (Å²) in [5, 5.41) is 0. The molecule has 2 fully saturated rings. The molecule has 0 bridgehead atoms. The van der Waals surface area contributed by atoms with Crippen LogP contribution in [-0.4, -0.2) is 11.9 Å². The second kappa shape index (κ2) is 5.58. The quantitative estimate of drug-likeness (QED) is 0.379. The maximum Gasteiger partial charge on any atom is 0.321 e. The molecule has 0 aromatic rings. The number of carbonyl (C=O) groups is 2. The molecule has 1 saturated carbocycles. The fourth-order valence-electron chi connectivity index (χ4n) is 4.70. The van der Waals surface area contributed by atoms with Crippen LogP contribution in [0.4, 0.5) is 0 Å². The van der Waals surface area contributed by atoms with Crippen LogP contribution in [0.25, 0.3) is 0 Å². The molecule has 3 rings (SSSR count). The molecular weight excluding hydrogens is 264 g/mol. The van der Waals surface area contributed by atoms with E-state index in [4.69, 9.17) is 4.74 Å². The zero-order valence-corrected chi connectivity index (χ0v) is 13.1. The molecule has 0 N–H and O–H groups in total. The predicted molar refractivity (Wildman–Crippen MR) is 80.5 cm³/mol. The van der Waals surface area contributed by atoms with Gasteiger partial charge in [-0.25, -0.2) is 0 Å². The van der Waals surface area contributed by atoms with Crippen LogP contribution in [0.1, 0.15) is 77.6 Å². The number of hydrogen-bond acceptors (Lipinski definition) is 3. The van der Waals surface area contributed by atoms with Crippen molar-refractivity contribution in [3.63, 3.8) is 0 Å². The molecule has 3 aliphatic rings. The van der Waals surface area contributed by atoms with Gasteiger partial charge in [0.2, 0.25) is 0 Å². The molecule has 116 valence electrons. The van der Waals surface area contributed by atoms with Gasteiger partial charge < -0.3 is 4.74 Å². The summed E-state index contributed by atoms with van der Waals surface area (Å²) in [6.07, 6.45) is 13.4. The average Bonchev–Trinajstić information content (AvgIpc) is 2.65. The highest BCUT2D eigenvalue weighted by Gasteiger charge is 2.67. The van der Waals surface area contributed by atoms with Crippen molar-refractivity contribution >= 4 is 11.9 Å². The van der Waals surface area contributed by atoms with Crippen LogP contribution in [0.15, 0.2) is 11.6 Å². The summed E-state index contributed by atoms with van der Waals surface area (Å²) >= 11 is 0. The molecule has 0 aromatic carbocycles. The Bertz CT molecular complexity index is 479. The molecule has 1 aliphatic heterocycles. The van der Waals surface area contributed by atoms with Gasteiger partial charge in [0.25, 0.3) is 0 Å². The van der Waals surface area contributed by atoms with Crippen LogP contribution in [0, 0.1) is 10.8 Å². The zero-order valence-electron chi connectivity index (χ0n) is 13.1. The third-order valence-electron chi connectivity index (χ3n) is 5.97. The molecule has 3 heteroatoms. The van der Waals surface area contributed by atoms with Crippen molar-refractivity contribution in [1.29, 1.82) is 0 Å². The van der Waals surface area contributed by atoms with Gasteiger partial charge in [0.1, 0.15) is 0 Å². The number of hydrogen-bond donors (Lipinski definition) is 0. The predicted octanol–water partition coefficient (Wildman–Crippen LogP) is 4.31. The molecule has 0 amide bonds. The molecule has 2 aliphatic carbocycles. The Morgan fingerprint density at radius 3 is 2.05 bits per heavy atom. The second-order valence-corrected chi connectivity index (χ2v) is 7.25. The highest BCUT2D eigenvalue weighted by Crippen LogP contribution is 2.60. The summed E-state index contributed by atoms with van der Waals surface area (Å²) < 4.78 is 5.20. The fraction of sp³-hybridized carbons (Fsp3) is 0.778. The Morgan fingerprint density at radius 1 is 0.857 bits per heavy atom. The zero-order chi connectivity index (χ0) is 14.9. The Balaban J connectivity index is 2.00. The van der Waals surface area contributed by atoms with E-state index in [2.05, 4.69) is 13.0 Å². The second-order valence-electron chi connectivity index (χ2n) is 7.25. The highest BCUT2D eigenvalue weighted by molar-refractivity contribution is 6.02. The van der Waals surface area contributed by atoms with E-state index in [1.54, 1.807) is 0 Å². The summed E-state index contributed by atoms with van der Waals surface area (Å²) in [7, 11) is 0. The lowest BCUT2D eigenvalue weighted by Gasteiger charge is -2.43. The molecular formula is C18H26O3. The van der Waals surface area contributed by atoms with Crippen molar-refractivity contribution in [2.75, 3.05) is 0 Å². The van der Waals surface area contributed by atoms with Crippen LogP contribution in [0.3, 0.4) is 0 Å². The fourth-order valence-corrected chi connectivity index (χ4v) is 4.70. The van der Waals surface area contributed by atoms with Gasteiger partial charge in [-0.3, -0.25) is 9.59 Å². The normalized spacial score (nSPS) is 37.9. The minimum atomic E-state index is -0.562. The van der Waals surface area contributed by atoms with Gasteiger partial charge in [-0.05, 0) is 32.6 Å². The molecule has 1 saturated heterocycles.